The zero-order valence-corrected chi connectivity index (χ0v) is 38.2. The third kappa shape index (κ3) is 8.04. The van der Waals surface area contributed by atoms with Crippen molar-refractivity contribution in [2.75, 3.05) is 73.4 Å². The molecule has 6 aliphatic rings. The number of likely N-dealkylation sites (tertiary alicyclic amines) is 1. The Kier molecular flexibility index (Phi) is 11.1. The molecule has 0 radical (unpaired) electrons. The number of halogens is 2. The minimum atomic E-state index is -4.26. The molecule has 0 saturated carbocycles. The first-order chi connectivity index (χ1) is 33.7. The van der Waals surface area contributed by atoms with Crippen LogP contribution in [0.3, 0.4) is 0 Å². The number of carbonyl (C=O) groups excluding carboxylic acids is 4. The molecule has 1 unspecified atom stereocenters. The number of nitrogens with zero attached hydrogens (tertiary/aromatic N) is 10. The molecule has 11 rings (SSSR count). The number of benzene rings is 3. The van der Waals surface area contributed by atoms with Gasteiger partial charge in [0, 0.05) is 76.4 Å². The minimum Gasteiger partial charge on any atom is -0.453 e. The van der Waals surface area contributed by atoms with Crippen molar-refractivity contribution >= 4 is 62.1 Å². The summed E-state index contributed by atoms with van der Waals surface area (Å²) in [5.41, 5.74) is 1.03. The molecule has 5 fully saturated rings. The molecule has 0 aliphatic carbocycles. The van der Waals surface area contributed by atoms with Crippen molar-refractivity contribution < 1.29 is 41.1 Å². The Morgan fingerprint density at radius 1 is 0.857 bits per heavy atom. The number of nitriles is 1. The third-order valence-corrected chi connectivity index (χ3v) is 15.6. The lowest BCUT2D eigenvalue weighted by Gasteiger charge is -2.61. The Morgan fingerprint density at radius 2 is 1.61 bits per heavy atom. The van der Waals surface area contributed by atoms with E-state index in [2.05, 4.69) is 39.7 Å². The molecule has 1 spiro atoms. The Morgan fingerprint density at radius 3 is 2.33 bits per heavy atom. The predicted molar refractivity (Wildman–Crippen MR) is 247 cm³/mol. The average Bonchev–Trinajstić information content (AvgIpc) is 3.88. The maximum absolute atomic E-state index is 15.2. The number of anilines is 3. The smallest absolute Gasteiger partial charge is 0.301 e. The van der Waals surface area contributed by atoms with Gasteiger partial charge in [0.15, 0.2) is 11.6 Å². The number of carbonyl (C=O) groups is 4. The fourth-order valence-corrected chi connectivity index (χ4v) is 11.8. The number of fused-ring (bicyclic) bond motifs is 2. The summed E-state index contributed by atoms with van der Waals surface area (Å²) in [6.45, 7) is 5.72. The molecule has 70 heavy (non-hydrogen) atoms. The van der Waals surface area contributed by atoms with Gasteiger partial charge in [-0.2, -0.15) is 18.0 Å². The minimum absolute atomic E-state index is 0.0210. The van der Waals surface area contributed by atoms with E-state index in [1.807, 2.05) is 6.07 Å². The van der Waals surface area contributed by atoms with Gasteiger partial charge in [0.05, 0.1) is 45.8 Å². The number of ether oxygens (including phenoxy) is 1. The number of imide groups is 2. The van der Waals surface area contributed by atoms with Crippen molar-refractivity contribution in [3.8, 4) is 23.3 Å². The van der Waals surface area contributed by atoms with Crippen LogP contribution in [0.25, 0.3) is 16.6 Å². The SMILES string of the molecule is N#Cc1c(NS(=O)(=O)N2CC[C@@H](F)C2)ccc(F)c1Oc1ccc2ncn(-c3cnc(N4CC5(CN(CC6CCN(c7ccc8c(c7)C(=O)N(C7CCC(=O)NC7=O)C8=O)CC6)C5)C4)nc3)c(=O)c2c1. The summed E-state index contributed by atoms with van der Waals surface area (Å²) < 4.78 is 64.9. The van der Waals surface area contributed by atoms with E-state index >= 15 is 4.39 Å². The topological polar surface area (TPSA) is 236 Å². The number of hydrogen-bond donors (Lipinski definition) is 2. The van der Waals surface area contributed by atoms with Crippen molar-refractivity contribution in [1.82, 2.24) is 38.9 Å². The Bertz CT molecular complexity index is 3240. The summed E-state index contributed by atoms with van der Waals surface area (Å²) in [6.07, 6.45) is 5.26. The monoisotopic (exact) mass is 974 g/mol. The van der Waals surface area contributed by atoms with Crippen LogP contribution in [0.1, 0.15) is 58.4 Å². The molecule has 2 atom stereocenters. The van der Waals surface area contributed by atoms with Crippen LogP contribution in [0, 0.1) is 28.5 Å². The highest BCUT2D eigenvalue weighted by Gasteiger charge is 2.52. The summed E-state index contributed by atoms with van der Waals surface area (Å²) >= 11 is 0. The largest absolute Gasteiger partial charge is 0.453 e. The van der Waals surface area contributed by atoms with Crippen molar-refractivity contribution in [3.05, 3.63) is 100 Å². The lowest BCUT2D eigenvalue weighted by atomic mass is 9.72. The van der Waals surface area contributed by atoms with Crippen LogP contribution in [0.4, 0.5) is 26.1 Å². The number of amides is 4. The maximum atomic E-state index is 15.2. The highest BCUT2D eigenvalue weighted by atomic mass is 32.2. The molecule has 20 nitrogen and oxygen atoms in total. The zero-order valence-electron chi connectivity index (χ0n) is 37.4. The molecule has 23 heteroatoms. The second-order valence-corrected chi connectivity index (χ2v) is 20.5. The van der Waals surface area contributed by atoms with E-state index in [1.54, 1.807) is 18.2 Å². The first-order valence-corrected chi connectivity index (χ1v) is 24.3. The van der Waals surface area contributed by atoms with Crippen LogP contribution in [0.2, 0.25) is 0 Å². The van der Waals surface area contributed by atoms with Crippen molar-refractivity contribution in [2.24, 2.45) is 11.3 Å². The number of alkyl halides is 1. The normalized spacial score (nSPS) is 21.7. The molecule has 0 bridgehead atoms. The quantitative estimate of drug-likeness (QED) is 0.181. The van der Waals surface area contributed by atoms with Crippen molar-refractivity contribution in [3.63, 3.8) is 0 Å². The van der Waals surface area contributed by atoms with E-state index < -0.39 is 68.7 Å². The Balaban J connectivity index is 0.677. The molecular formula is C47H44F2N12O8S. The van der Waals surface area contributed by atoms with Crippen LogP contribution in [-0.4, -0.2) is 137 Å². The van der Waals surface area contributed by atoms with Crippen molar-refractivity contribution in [2.45, 2.75) is 44.3 Å². The van der Waals surface area contributed by atoms with Gasteiger partial charge in [0.25, 0.3) is 17.4 Å². The fraction of sp³-hybridized carbons (Fsp3) is 0.383. The molecule has 5 saturated heterocycles. The highest BCUT2D eigenvalue weighted by molar-refractivity contribution is 7.90. The average molecular weight is 975 g/mol. The second kappa shape index (κ2) is 17.2. The van der Waals surface area contributed by atoms with Crippen LogP contribution >= 0.6 is 0 Å². The lowest BCUT2D eigenvalue weighted by molar-refractivity contribution is -0.136. The number of rotatable bonds is 11. The van der Waals surface area contributed by atoms with Gasteiger partial charge < -0.3 is 19.4 Å². The van der Waals surface area contributed by atoms with Crippen LogP contribution in [-0.2, 0) is 19.8 Å². The Hall–Kier alpha value is -7.42. The molecule has 5 aromatic rings. The van der Waals surface area contributed by atoms with Gasteiger partial charge >= 0.3 is 10.2 Å². The highest BCUT2D eigenvalue weighted by Crippen LogP contribution is 2.42. The fourth-order valence-electron chi connectivity index (χ4n) is 10.6. The van der Waals surface area contributed by atoms with Gasteiger partial charge in [0.2, 0.25) is 17.8 Å². The maximum Gasteiger partial charge on any atom is 0.301 e. The zero-order chi connectivity index (χ0) is 48.6. The molecule has 3 aromatic carbocycles. The first kappa shape index (κ1) is 45.0. The van der Waals surface area contributed by atoms with Gasteiger partial charge in [-0.15, -0.1) is 0 Å². The molecule has 8 heterocycles. The number of hydrogen-bond acceptors (Lipinski definition) is 15. The standard InChI is InChI=1S/C47H44F2N12O8S/c48-28-11-14-59(21-28)70(67,68)55-38-6-4-36(49)41(35(38)17-50)69-31-2-5-37-34(16-31)43(64)60(26-53-37)30-18-51-46(52-19-30)58-24-47(25-58)22-56(23-47)20-27-9-12-57(13-10-27)29-1-3-32-33(15-29)45(66)61(44(32)65)39-7-8-40(62)54-42(39)63/h1-6,15-16,18-19,26-28,39,55H,7-14,20-25H2,(H,54,62,63)/t28-,39?/m1/s1. The van der Waals surface area contributed by atoms with Gasteiger partial charge in [-0.3, -0.25) is 43.5 Å². The van der Waals surface area contributed by atoms with E-state index in [1.165, 1.54) is 41.5 Å². The van der Waals surface area contributed by atoms with Gasteiger partial charge in [-0.05, 0) is 80.1 Å². The first-order valence-electron chi connectivity index (χ1n) is 22.9. The molecule has 6 aliphatic heterocycles. The summed E-state index contributed by atoms with van der Waals surface area (Å²) in [6, 6.07) is 12.3. The van der Waals surface area contributed by atoms with E-state index in [0.29, 0.717) is 23.1 Å². The molecule has 2 N–H and O–H groups in total. The van der Waals surface area contributed by atoms with E-state index in [4.69, 9.17) is 4.74 Å². The van der Waals surface area contributed by atoms with Gasteiger partial charge in [-0.25, -0.2) is 23.7 Å². The van der Waals surface area contributed by atoms with E-state index in [9.17, 15) is 42.0 Å². The second-order valence-electron chi connectivity index (χ2n) is 18.8. The molecular weight excluding hydrogens is 931 g/mol. The number of piperidine rings is 2. The van der Waals surface area contributed by atoms with Crippen LogP contribution < -0.4 is 30.1 Å². The third-order valence-electron chi connectivity index (χ3n) is 14.1. The van der Waals surface area contributed by atoms with E-state index in [0.717, 1.165) is 85.7 Å². The Labute approximate surface area is 398 Å². The van der Waals surface area contributed by atoms with Crippen LogP contribution in [0.15, 0.2) is 72.0 Å². The number of aromatic nitrogens is 4. The summed E-state index contributed by atoms with van der Waals surface area (Å²) in [5.74, 6) is -2.58. The summed E-state index contributed by atoms with van der Waals surface area (Å²) in [5, 5.41) is 12.3. The van der Waals surface area contributed by atoms with E-state index in [-0.39, 0.29) is 65.7 Å². The number of nitrogens with one attached hydrogen (secondary N) is 2. The summed E-state index contributed by atoms with van der Waals surface area (Å²) in [7, 11) is -4.26. The van der Waals surface area contributed by atoms with Crippen molar-refractivity contribution in [1.29, 1.82) is 5.26 Å². The molecule has 360 valence electrons. The lowest BCUT2D eigenvalue weighted by Crippen LogP contribution is -2.72. The predicted octanol–water partition coefficient (Wildman–Crippen LogP) is 3.12. The molecule has 4 amide bonds. The summed E-state index contributed by atoms with van der Waals surface area (Å²) in [4.78, 5) is 85.8. The van der Waals surface area contributed by atoms with Crippen LogP contribution in [0.5, 0.6) is 11.5 Å². The van der Waals surface area contributed by atoms with Gasteiger partial charge in [-0.1, -0.05) is 0 Å². The van der Waals surface area contributed by atoms with Gasteiger partial charge in [0.1, 0.15) is 35.9 Å². The molecule has 2 aromatic heterocycles.